The molecule has 0 spiro atoms. The zero-order valence-electron chi connectivity index (χ0n) is 12.9. The number of non-ortho nitro benzene ring substituents is 1. The van der Waals surface area contributed by atoms with Crippen LogP contribution in [0.1, 0.15) is 16.8 Å². The van der Waals surface area contributed by atoms with Crippen molar-refractivity contribution in [3.05, 3.63) is 51.1 Å². The van der Waals surface area contributed by atoms with Gasteiger partial charge in [-0.25, -0.2) is 0 Å². The first-order chi connectivity index (χ1) is 11.3. The van der Waals surface area contributed by atoms with Crippen molar-refractivity contribution >= 4 is 35.1 Å². The van der Waals surface area contributed by atoms with E-state index in [1.165, 1.54) is 48.0 Å². The van der Waals surface area contributed by atoms with E-state index in [1.807, 2.05) is 0 Å². The van der Waals surface area contributed by atoms with Gasteiger partial charge in [0.25, 0.3) is 11.6 Å². The van der Waals surface area contributed by atoms with E-state index in [9.17, 15) is 24.5 Å². The van der Waals surface area contributed by atoms with Crippen molar-refractivity contribution in [1.82, 2.24) is 4.90 Å². The molecule has 1 aliphatic heterocycles. The predicted molar refractivity (Wildman–Crippen MR) is 86.8 cm³/mol. The summed E-state index contributed by atoms with van der Waals surface area (Å²) in [5, 5.41) is 19.1. The van der Waals surface area contributed by atoms with Gasteiger partial charge in [-0.3, -0.25) is 24.5 Å². The molecule has 0 aromatic heterocycles. The lowest BCUT2D eigenvalue weighted by molar-refractivity contribution is -0.384. The van der Waals surface area contributed by atoms with Gasteiger partial charge in [-0.15, -0.1) is 11.8 Å². The second-order valence-electron chi connectivity index (χ2n) is 5.10. The Morgan fingerprint density at radius 3 is 2.38 bits per heavy atom. The highest BCUT2D eigenvalue weighted by Crippen LogP contribution is 2.35. The van der Waals surface area contributed by atoms with E-state index in [4.69, 9.17) is 5.11 Å². The number of rotatable bonds is 6. The molecule has 2 rings (SSSR count). The third kappa shape index (κ3) is 3.16. The number of nitro benzene ring substituents is 1. The molecule has 1 heterocycles. The fourth-order valence-electron chi connectivity index (χ4n) is 2.51. The molecule has 1 atom stereocenters. The number of benzene rings is 1. The van der Waals surface area contributed by atoms with E-state index in [-0.39, 0.29) is 22.4 Å². The number of carboxylic acids is 1. The number of ketones is 1. The van der Waals surface area contributed by atoms with Gasteiger partial charge in [-0.1, -0.05) is 0 Å². The summed E-state index contributed by atoms with van der Waals surface area (Å²) in [5.41, 5.74) is 0.0758. The summed E-state index contributed by atoms with van der Waals surface area (Å²) >= 11 is 1.24. The molecule has 0 saturated heterocycles. The number of amides is 1. The van der Waals surface area contributed by atoms with Crippen LogP contribution in [0.5, 0.6) is 0 Å². The molecule has 1 aliphatic rings. The van der Waals surface area contributed by atoms with Crippen molar-refractivity contribution in [2.45, 2.75) is 11.8 Å². The summed E-state index contributed by atoms with van der Waals surface area (Å²) in [7, 11) is 1.50. The zero-order valence-corrected chi connectivity index (χ0v) is 13.7. The highest BCUT2D eigenvalue weighted by atomic mass is 32.2. The molecule has 0 fully saturated rings. The van der Waals surface area contributed by atoms with Crippen molar-refractivity contribution in [3.8, 4) is 0 Å². The molecular formula is C15H14N2O6S. The van der Waals surface area contributed by atoms with E-state index < -0.39 is 34.4 Å². The summed E-state index contributed by atoms with van der Waals surface area (Å²) < 4.78 is 0. The minimum Gasteiger partial charge on any atom is -0.481 e. The summed E-state index contributed by atoms with van der Waals surface area (Å²) in [4.78, 5) is 47.5. The molecule has 1 amide bonds. The number of hydrogen-bond donors (Lipinski definition) is 1. The van der Waals surface area contributed by atoms with Crippen molar-refractivity contribution in [2.24, 2.45) is 0 Å². The van der Waals surface area contributed by atoms with E-state index in [0.29, 0.717) is 0 Å². The fourth-order valence-corrected chi connectivity index (χ4v) is 3.41. The summed E-state index contributed by atoms with van der Waals surface area (Å²) in [5.74, 6) is -2.21. The molecule has 0 bridgehead atoms. The zero-order chi connectivity index (χ0) is 18.0. The molecule has 1 aromatic rings. The Morgan fingerprint density at radius 2 is 1.92 bits per heavy atom. The van der Waals surface area contributed by atoms with E-state index >= 15 is 0 Å². The first kappa shape index (κ1) is 17.7. The Balaban J connectivity index is 2.48. The van der Waals surface area contributed by atoms with E-state index in [2.05, 4.69) is 0 Å². The first-order valence-electron chi connectivity index (χ1n) is 6.81. The van der Waals surface area contributed by atoms with Gasteiger partial charge in [0, 0.05) is 35.9 Å². The van der Waals surface area contributed by atoms with Crippen LogP contribution in [0.3, 0.4) is 0 Å². The molecule has 1 N–H and O–H groups in total. The molecule has 9 heteroatoms. The molecule has 0 unspecified atom stereocenters. The highest BCUT2D eigenvalue weighted by Gasteiger charge is 2.40. The van der Waals surface area contributed by atoms with Gasteiger partial charge in [0.1, 0.15) is 5.37 Å². The molecular weight excluding hydrogens is 336 g/mol. The Labute approximate surface area is 141 Å². The second kappa shape index (κ2) is 6.83. The van der Waals surface area contributed by atoms with E-state index in [0.717, 1.165) is 0 Å². The largest absolute Gasteiger partial charge is 0.481 e. The smallest absolute Gasteiger partial charge is 0.308 e. The quantitative estimate of drug-likeness (QED) is 0.471. The normalized spacial score (nSPS) is 17.3. The van der Waals surface area contributed by atoms with Gasteiger partial charge >= 0.3 is 5.97 Å². The van der Waals surface area contributed by atoms with Crippen LogP contribution < -0.4 is 0 Å². The van der Waals surface area contributed by atoms with Gasteiger partial charge < -0.3 is 10.0 Å². The fraction of sp³-hybridized carbons (Fsp3) is 0.267. The average molecular weight is 350 g/mol. The average Bonchev–Trinajstić information content (AvgIpc) is 2.78. The van der Waals surface area contributed by atoms with Gasteiger partial charge in [0.05, 0.1) is 11.3 Å². The molecule has 0 saturated carbocycles. The lowest BCUT2D eigenvalue weighted by Gasteiger charge is -2.20. The standard InChI is InChI=1S/C15H14N2O6S/c1-16-14(21)10(7-11(18)19)12(15(16)24-2)13(20)8-3-5-9(6-4-8)17(22)23/h3-6,15H,7H2,1-2H3,(H,18,19)/t15-/m0/s1. The number of aliphatic carboxylic acids is 1. The van der Waals surface area contributed by atoms with Crippen LogP contribution in [0.2, 0.25) is 0 Å². The monoisotopic (exact) mass is 350 g/mol. The van der Waals surface area contributed by atoms with Crippen LogP contribution >= 0.6 is 11.8 Å². The molecule has 0 radical (unpaired) electrons. The third-order valence-electron chi connectivity index (χ3n) is 3.64. The maximum atomic E-state index is 12.8. The lowest BCUT2D eigenvalue weighted by Crippen LogP contribution is -2.30. The number of carbonyl (C=O) groups is 3. The van der Waals surface area contributed by atoms with Crippen LogP contribution in [0.15, 0.2) is 35.4 Å². The van der Waals surface area contributed by atoms with Crippen molar-refractivity contribution in [1.29, 1.82) is 0 Å². The number of carboxylic acid groups (broad SMARTS) is 1. The second-order valence-corrected chi connectivity index (χ2v) is 6.02. The SMILES string of the molecule is CS[C@H]1C(C(=O)c2ccc([N+](=O)[O-])cc2)=C(CC(=O)O)C(=O)N1C. The van der Waals surface area contributed by atoms with Gasteiger partial charge in [-0.2, -0.15) is 0 Å². The predicted octanol–water partition coefficient (Wildman–Crippen LogP) is 1.71. The van der Waals surface area contributed by atoms with Crippen LogP contribution in [0.25, 0.3) is 0 Å². The Morgan fingerprint density at radius 1 is 1.33 bits per heavy atom. The van der Waals surface area contributed by atoms with Crippen molar-refractivity contribution < 1.29 is 24.4 Å². The topological polar surface area (TPSA) is 118 Å². The lowest BCUT2D eigenvalue weighted by atomic mass is 9.98. The van der Waals surface area contributed by atoms with Gasteiger partial charge in [-0.05, 0) is 18.4 Å². The summed E-state index contributed by atoms with van der Waals surface area (Å²) in [6.45, 7) is 0. The number of Topliss-reactive ketones (excluding diaryl/α,β-unsaturated/α-hetero) is 1. The number of nitrogens with zero attached hydrogens (tertiary/aromatic N) is 2. The minimum absolute atomic E-state index is 0.0484. The molecule has 1 aromatic carbocycles. The highest BCUT2D eigenvalue weighted by molar-refractivity contribution is 7.99. The Kier molecular flexibility index (Phi) is 5.03. The maximum absolute atomic E-state index is 12.8. The van der Waals surface area contributed by atoms with Crippen LogP contribution in [0, 0.1) is 10.1 Å². The number of thioether (sulfide) groups is 1. The number of likely N-dealkylation sites (N-methyl/N-ethyl adjacent to an activating group) is 1. The molecule has 24 heavy (non-hydrogen) atoms. The Bertz CT molecular complexity index is 756. The molecule has 0 aliphatic carbocycles. The van der Waals surface area contributed by atoms with Crippen LogP contribution in [0.4, 0.5) is 5.69 Å². The van der Waals surface area contributed by atoms with Crippen LogP contribution in [-0.4, -0.2) is 51.3 Å². The van der Waals surface area contributed by atoms with Crippen molar-refractivity contribution in [3.63, 3.8) is 0 Å². The summed E-state index contributed by atoms with van der Waals surface area (Å²) in [6, 6.07) is 4.98. The van der Waals surface area contributed by atoms with E-state index in [1.54, 1.807) is 6.26 Å². The van der Waals surface area contributed by atoms with Crippen molar-refractivity contribution in [2.75, 3.05) is 13.3 Å². The minimum atomic E-state index is -1.21. The first-order valence-corrected chi connectivity index (χ1v) is 8.10. The number of nitro groups is 1. The van der Waals surface area contributed by atoms with Gasteiger partial charge in [0.15, 0.2) is 5.78 Å². The van der Waals surface area contributed by atoms with Gasteiger partial charge in [0.2, 0.25) is 0 Å². The Hall–Kier alpha value is -2.68. The van der Waals surface area contributed by atoms with Crippen LogP contribution in [-0.2, 0) is 9.59 Å². The molecule has 8 nitrogen and oxygen atoms in total. The maximum Gasteiger partial charge on any atom is 0.308 e. The number of hydrogen-bond acceptors (Lipinski definition) is 6. The number of carbonyl (C=O) groups excluding carboxylic acids is 2. The summed E-state index contributed by atoms with van der Waals surface area (Å²) in [6.07, 6.45) is 1.16. The third-order valence-corrected chi connectivity index (χ3v) is 4.64. The molecule has 126 valence electrons.